The Hall–Kier alpha value is -1.26. The summed E-state index contributed by atoms with van der Waals surface area (Å²) in [6, 6.07) is 4.91. The summed E-state index contributed by atoms with van der Waals surface area (Å²) in [5, 5.41) is 12.1. The fraction of sp³-hybridized carbons (Fsp3) is 0.462. The minimum absolute atomic E-state index is 0.00617. The topological polar surface area (TPSA) is 58.6 Å². The molecule has 5 heteroatoms. The van der Waals surface area contributed by atoms with Crippen LogP contribution in [0.2, 0.25) is 5.02 Å². The number of methoxy groups -OCH3 is 1. The second-order valence-electron chi connectivity index (χ2n) is 4.08. The number of halogens is 1. The molecule has 4 nitrogen and oxygen atoms in total. The summed E-state index contributed by atoms with van der Waals surface area (Å²) >= 11 is 5.87. The van der Waals surface area contributed by atoms with Gasteiger partial charge in [-0.3, -0.25) is 4.79 Å². The standard InChI is InChI=1S/C13H18ClNO3/c1-9(4-3-7-16)15-13(17)11-8-10(14)5-6-12(11)18-2/h5-6,8-9,16H,3-4,7H2,1-2H3,(H,15,17). The van der Waals surface area contributed by atoms with E-state index in [-0.39, 0.29) is 18.6 Å². The van der Waals surface area contributed by atoms with Gasteiger partial charge in [0.15, 0.2) is 0 Å². The van der Waals surface area contributed by atoms with Crippen LogP contribution in [-0.2, 0) is 0 Å². The number of hydrogen-bond donors (Lipinski definition) is 2. The highest BCUT2D eigenvalue weighted by atomic mass is 35.5. The Morgan fingerprint density at radius 1 is 1.56 bits per heavy atom. The Morgan fingerprint density at radius 3 is 2.89 bits per heavy atom. The highest BCUT2D eigenvalue weighted by Crippen LogP contribution is 2.22. The number of carbonyl (C=O) groups excluding carboxylic acids is 1. The van der Waals surface area contributed by atoms with Gasteiger partial charge in [-0.15, -0.1) is 0 Å². The van der Waals surface area contributed by atoms with E-state index in [0.717, 1.165) is 6.42 Å². The summed E-state index contributed by atoms with van der Waals surface area (Å²) in [6.45, 7) is 2.02. The molecule has 0 radical (unpaired) electrons. The molecule has 2 N–H and O–H groups in total. The highest BCUT2D eigenvalue weighted by Gasteiger charge is 2.14. The van der Waals surface area contributed by atoms with Gasteiger partial charge in [-0.25, -0.2) is 0 Å². The van der Waals surface area contributed by atoms with Gasteiger partial charge >= 0.3 is 0 Å². The Balaban J connectivity index is 2.74. The predicted molar refractivity (Wildman–Crippen MR) is 71.3 cm³/mol. The quantitative estimate of drug-likeness (QED) is 0.834. The number of carbonyl (C=O) groups is 1. The van der Waals surface area contributed by atoms with Gasteiger partial charge in [0.1, 0.15) is 5.75 Å². The first-order valence-electron chi connectivity index (χ1n) is 5.83. The summed E-state index contributed by atoms with van der Waals surface area (Å²) in [5.41, 5.74) is 0.417. The van der Waals surface area contributed by atoms with E-state index in [0.29, 0.717) is 22.8 Å². The number of nitrogens with one attached hydrogen (secondary N) is 1. The molecule has 0 fully saturated rings. The number of rotatable bonds is 6. The van der Waals surface area contributed by atoms with Crippen LogP contribution >= 0.6 is 11.6 Å². The summed E-state index contributed by atoms with van der Waals surface area (Å²) < 4.78 is 5.12. The van der Waals surface area contributed by atoms with Crippen molar-refractivity contribution >= 4 is 17.5 Å². The van der Waals surface area contributed by atoms with Crippen molar-refractivity contribution in [3.05, 3.63) is 28.8 Å². The first-order chi connectivity index (χ1) is 8.58. The van der Waals surface area contributed by atoms with E-state index in [9.17, 15) is 4.79 Å². The lowest BCUT2D eigenvalue weighted by Gasteiger charge is -2.15. The molecule has 0 saturated heterocycles. The Bertz CT molecular complexity index is 409. The largest absolute Gasteiger partial charge is 0.496 e. The molecule has 100 valence electrons. The predicted octanol–water partition coefficient (Wildman–Crippen LogP) is 2.24. The monoisotopic (exact) mass is 271 g/mol. The van der Waals surface area contributed by atoms with Crippen molar-refractivity contribution in [2.24, 2.45) is 0 Å². The maximum atomic E-state index is 12.0. The fourth-order valence-corrected chi connectivity index (χ4v) is 1.80. The van der Waals surface area contributed by atoms with Crippen molar-refractivity contribution in [3.8, 4) is 5.75 Å². The summed E-state index contributed by atoms with van der Waals surface area (Å²) in [5.74, 6) is 0.269. The molecule has 1 atom stereocenters. The molecule has 1 aromatic carbocycles. The van der Waals surface area contributed by atoms with Gasteiger partial charge in [0.2, 0.25) is 0 Å². The smallest absolute Gasteiger partial charge is 0.255 e. The Morgan fingerprint density at radius 2 is 2.28 bits per heavy atom. The van der Waals surface area contributed by atoms with Crippen LogP contribution in [0, 0.1) is 0 Å². The molecule has 0 aliphatic rings. The maximum absolute atomic E-state index is 12.0. The van der Waals surface area contributed by atoms with E-state index >= 15 is 0 Å². The molecule has 18 heavy (non-hydrogen) atoms. The summed E-state index contributed by atoms with van der Waals surface area (Å²) in [7, 11) is 1.51. The van der Waals surface area contributed by atoms with Crippen LogP contribution in [0.15, 0.2) is 18.2 Å². The van der Waals surface area contributed by atoms with Crippen LogP contribution in [0.5, 0.6) is 5.75 Å². The molecule has 1 unspecified atom stereocenters. The first-order valence-corrected chi connectivity index (χ1v) is 6.21. The van der Waals surface area contributed by atoms with E-state index < -0.39 is 0 Å². The van der Waals surface area contributed by atoms with Crippen LogP contribution in [0.1, 0.15) is 30.1 Å². The van der Waals surface area contributed by atoms with E-state index in [1.807, 2.05) is 6.92 Å². The number of ether oxygens (including phenoxy) is 1. The number of amides is 1. The summed E-state index contributed by atoms with van der Waals surface area (Å²) in [6.07, 6.45) is 1.39. The van der Waals surface area contributed by atoms with Gasteiger partial charge in [0, 0.05) is 17.7 Å². The number of aliphatic hydroxyl groups is 1. The molecule has 0 spiro atoms. The highest BCUT2D eigenvalue weighted by molar-refractivity contribution is 6.31. The van der Waals surface area contributed by atoms with Crippen molar-refractivity contribution < 1.29 is 14.6 Å². The van der Waals surface area contributed by atoms with Crippen molar-refractivity contribution in [1.82, 2.24) is 5.32 Å². The fourth-order valence-electron chi connectivity index (χ4n) is 1.63. The Kier molecular flexibility index (Phi) is 5.95. The third-order valence-corrected chi connectivity index (χ3v) is 2.81. The first kappa shape index (κ1) is 14.8. The van der Waals surface area contributed by atoms with E-state index in [2.05, 4.69) is 5.32 Å². The van der Waals surface area contributed by atoms with E-state index in [1.165, 1.54) is 7.11 Å². The van der Waals surface area contributed by atoms with Crippen molar-refractivity contribution in [2.45, 2.75) is 25.8 Å². The van der Waals surface area contributed by atoms with Crippen LogP contribution < -0.4 is 10.1 Å². The van der Waals surface area contributed by atoms with Gasteiger partial charge in [-0.1, -0.05) is 11.6 Å². The molecule has 0 aliphatic carbocycles. The van der Waals surface area contributed by atoms with Gasteiger partial charge in [-0.05, 0) is 38.0 Å². The second kappa shape index (κ2) is 7.24. The lowest BCUT2D eigenvalue weighted by atomic mass is 10.1. The Labute approximate surface area is 112 Å². The third kappa shape index (κ3) is 4.20. The SMILES string of the molecule is COc1ccc(Cl)cc1C(=O)NC(C)CCCO. The minimum atomic E-state index is -0.222. The van der Waals surface area contributed by atoms with Gasteiger partial charge in [0.25, 0.3) is 5.91 Å². The van der Waals surface area contributed by atoms with Crippen molar-refractivity contribution in [3.63, 3.8) is 0 Å². The van der Waals surface area contributed by atoms with E-state index in [1.54, 1.807) is 18.2 Å². The van der Waals surface area contributed by atoms with Crippen molar-refractivity contribution in [2.75, 3.05) is 13.7 Å². The lowest BCUT2D eigenvalue weighted by molar-refractivity contribution is 0.0933. The number of aliphatic hydroxyl groups excluding tert-OH is 1. The maximum Gasteiger partial charge on any atom is 0.255 e. The van der Waals surface area contributed by atoms with Crippen LogP contribution in [0.25, 0.3) is 0 Å². The molecule has 1 amide bonds. The lowest BCUT2D eigenvalue weighted by Crippen LogP contribution is -2.32. The molecular formula is C13H18ClNO3. The molecule has 0 bridgehead atoms. The second-order valence-corrected chi connectivity index (χ2v) is 4.52. The van der Waals surface area contributed by atoms with E-state index in [4.69, 9.17) is 21.4 Å². The summed E-state index contributed by atoms with van der Waals surface area (Å²) in [4.78, 5) is 12.0. The molecule has 0 heterocycles. The normalized spacial score (nSPS) is 12.0. The molecule has 0 saturated carbocycles. The molecule has 1 rings (SSSR count). The van der Waals surface area contributed by atoms with Crippen LogP contribution in [0.3, 0.4) is 0 Å². The van der Waals surface area contributed by atoms with Gasteiger partial charge < -0.3 is 15.2 Å². The molecular weight excluding hydrogens is 254 g/mol. The zero-order valence-corrected chi connectivity index (χ0v) is 11.3. The average molecular weight is 272 g/mol. The van der Waals surface area contributed by atoms with Gasteiger partial charge in [0.05, 0.1) is 12.7 Å². The number of benzene rings is 1. The third-order valence-electron chi connectivity index (χ3n) is 2.58. The zero-order chi connectivity index (χ0) is 13.5. The minimum Gasteiger partial charge on any atom is -0.496 e. The molecule has 1 aromatic rings. The van der Waals surface area contributed by atoms with Crippen LogP contribution in [0.4, 0.5) is 0 Å². The number of hydrogen-bond acceptors (Lipinski definition) is 3. The molecule has 0 aliphatic heterocycles. The average Bonchev–Trinajstić information content (AvgIpc) is 2.36. The zero-order valence-electron chi connectivity index (χ0n) is 10.6. The van der Waals surface area contributed by atoms with Crippen molar-refractivity contribution in [1.29, 1.82) is 0 Å². The molecule has 0 aromatic heterocycles. The van der Waals surface area contributed by atoms with Crippen LogP contribution in [-0.4, -0.2) is 30.8 Å². The van der Waals surface area contributed by atoms with Gasteiger partial charge in [-0.2, -0.15) is 0 Å².